The molecule has 3 aromatic rings. The number of benzene rings is 1. The number of carbonyl (C=O) groups excluding carboxylic acids is 1. The molecule has 0 aliphatic heterocycles. The molecule has 1 atom stereocenters. The smallest absolute Gasteiger partial charge is 0.220 e. The fourth-order valence-electron chi connectivity index (χ4n) is 3.01. The van der Waals surface area contributed by atoms with E-state index >= 15 is 0 Å². The van der Waals surface area contributed by atoms with Gasteiger partial charge in [-0.15, -0.1) is 0 Å². The monoisotopic (exact) mass is 347 g/mol. The van der Waals surface area contributed by atoms with Gasteiger partial charge in [-0.1, -0.05) is 49.4 Å². The van der Waals surface area contributed by atoms with Crippen LogP contribution in [0.2, 0.25) is 0 Å². The summed E-state index contributed by atoms with van der Waals surface area (Å²) in [5.41, 5.74) is 0.440. The quantitative estimate of drug-likeness (QED) is 0.719. The number of hydrogen-bond acceptors (Lipinski definition) is 4. The van der Waals surface area contributed by atoms with Crippen molar-refractivity contribution in [3.8, 4) is 0 Å². The van der Waals surface area contributed by atoms with Crippen molar-refractivity contribution < 1.29 is 9.90 Å². The molecule has 26 heavy (non-hydrogen) atoms. The molecule has 1 aromatic carbocycles. The normalized spacial score (nSPS) is 12.4. The zero-order valence-electron chi connectivity index (χ0n) is 14.5. The lowest BCUT2D eigenvalue weighted by Crippen LogP contribution is -2.45. The van der Waals surface area contributed by atoms with Crippen molar-refractivity contribution >= 4 is 5.91 Å². The molecule has 0 aliphatic rings. The summed E-state index contributed by atoms with van der Waals surface area (Å²) >= 11 is 0. The van der Waals surface area contributed by atoms with E-state index in [1.807, 2.05) is 30.3 Å². The topological polar surface area (TPSA) is 75.1 Å². The minimum atomic E-state index is -1.52. The van der Waals surface area contributed by atoms with Crippen LogP contribution in [0, 0.1) is 0 Å². The highest BCUT2D eigenvalue weighted by Crippen LogP contribution is 2.40. The van der Waals surface area contributed by atoms with Gasteiger partial charge in [0.1, 0.15) is 5.60 Å². The molecule has 3 rings (SSSR count). The van der Waals surface area contributed by atoms with Crippen LogP contribution in [0.15, 0.2) is 79.4 Å². The summed E-state index contributed by atoms with van der Waals surface area (Å²) in [6.45, 7) is 1.78. The third kappa shape index (κ3) is 3.48. The van der Waals surface area contributed by atoms with Gasteiger partial charge in [-0.25, -0.2) is 0 Å². The summed E-state index contributed by atoms with van der Waals surface area (Å²) in [7, 11) is 0. The number of rotatable bonds is 6. The number of hydrogen-bond donors (Lipinski definition) is 2. The Bertz CT molecular complexity index is 799. The first-order valence-corrected chi connectivity index (χ1v) is 8.54. The third-order valence-electron chi connectivity index (χ3n) is 4.38. The fraction of sp³-hybridized carbons (Fsp3) is 0.190. The molecule has 0 saturated heterocycles. The molecule has 5 heteroatoms. The molecule has 2 aromatic heterocycles. The molecule has 2 N–H and O–H groups in total. The maximum atomic E-state index is 12.3. The van der Waals surface area contributed by atoms with Crippen LogP contribution in [0.3, 0.4) is 0 Å². The lowest BCUT2D eigenvalue weighted by Gasteiger charge is -2.37. The fourth-order valence-corrected chi connectivity index (χ4v) is 3.01. The number of nitrogens with one attached hydrogen (secondary N) is 1. The van der Waals surface area contributed by atoms with Gasteiger partial charge in [0.25, 0.3) is 0 Å². The molecular weight excluding hydrogens is 326 g/mol. The van der Waals surface area contributed by atoms with Gasteiger partial charge in [-0.2, -0.15) is 0 Å². The van der Waals surface area contributed by atoms with E-state index in [2.05, 4.69) is 15.3 Å². The Hall–Kier alpha value is -3.05. The predicted octanol–water partition coefficient (Wildman–Crippen LogP) is 2.98. The maximum Gasteiger partial charge on any atom is 0.220 e. The molecule has 0 unspecified atom stereocenters. The predicted molar refractivity (Wildman–Crippen MR) is 99.1 cm³/mol. The van der Waals surface area contributed by atoms with Gasteiger partial charge in [0.05, 0.1) is 6.04 Å². The second kappa shape index (κ2) is 7.89. The standard InChI is InChI=1S/C21H21N3O2/c1-2-19(25)24-20(16-8-4-3-5-9-16)21(26,17-10-6-12-22-14-17)18-11-7-13-23-15-18/h3-15,20,26H,2H2,1H3,(H,24,25)/t20-/m1/s1. The van der Waals surface area contributed by atoms with Crippen LogP contribution in [0.25, 0.3) is 0 Å². The van der Waals surface area contributed by atoms with E-state index in [-0.39, 0.29) is 5.91 Å². The second-order valence-corrected chi connectivity index (χ2v) is 6.01. The van der Waals surface area contributed by atoms with Crippen molar-refractivity contribution in [2.75, 3.05) is 0 Å². The zero-order chi connectivity index (χ0) is 18.4. The molecule has 0 saturated carbocycles. The largest absolute Gasteiger partial charge is 0.378 e. The third-order valence-corrected chi connectivity index (χ3v) is 4.38. The summed E-state index contributed by atoms with van der Waals surface area (Å²) < 4.78 is 0. The zero-order valence-corrected chi connectivity index (χ0v) is 14.5. The molecule has 0 radical (unpaired) electrons. The van der Waals surface area contributed by atoms with Crippen molar-refractivity contribution in [2.24, 2.45) is 0 Å². The molecule has 2 heterocycles. The van der Waals surface area contributed by atoms with Gasteiger partial charge in [0.15, 0.2) is 0 Å². The molecule has 0 spiro atoms. The molecule has 0 aliphatic carbocycles. The van der Waals surface area contributed by atoms with Gasteiger partial charge in [-0.3, -0.25) is 14.8 Å². The Morgan fingerprint density at radius 1 is 1.00 bits per heavy atom. The Labute approximate surface area is 152 Å². The van der Waals surface area contributed by atoms with Crippen LogP contribution < -0.4 is 5.32 Å². The van der Waals surface area contributed by atoms with Crippen LogP contribution in [0.5, 0.6) is 0 Å². The van der Waals surface area contributed by atoms with Crippen molar-refractivity contribution in [1.82, 2.24) is 15.3 Å². The van der Waals surface area contributed by atoms with Gasteiger partial charge < -0.3 is 10.4 Å². The van der Waals surface area contributed by atoms with Crippen LogP contribution >= 0.6 is 0 Å². The van der Waals surface area contributed by atoms with Crippen molar-refractivity contribution in [2.45, 2.75) is 25.0 Å². The highest BCUT2D eigenvalue weighted by Gasteiger charge is 2.42. The van der Waals surface area contributed by atoms with E-state index in [0.717, 1.165) is 5.56 Å². The number of pyridine rings is 2. The first kappa shape index (κ1) is 17.8. The van der Waals surface area contributed by atoms with Crippen LogP contribution in [0.4, 0.5) is 0 Å². The first-order valence-electron chi connectivity index (χ1n) is 8.54. The van der Waals surface area contributed by atoms with Crippen LogP contribution in [-0.4, -0.2) is 21.0 Å². The molecule has 0 bridgehead atoms. The van der Waals surface area contributed by atoms with Crippen molar-refractivity contribution in [1.29, 1.82) is 0 Å². The van der Waals surface area contributed by atoms with Gasteiger partial charge >= 0.3 is 0 Å². The maximum absolute atomic E-state index is 12.3. The highest BCUT2D eigenvalue weighted by atomic mass is 16.3. The second-order valence-electron chi connectivity index (χ2n) is 6.01. The summed E-state index contributed by atoms with van der Waals surface area (Å²) in [6, 6.07) is 15.9. The highest BCUT2D eigenvalue weighted by molar-refractivity contribution is 5.76. The minimum Gasteiger partial charge on any atom is -0.378 e. The summed E-state index contributed by atoms with van der Waals surface area (Å²) in [5.74, 6) is -0.148. The van der Waals surface area contributed by atoms with E-state index in [4.69, 9.17) is 0 Å². The Morgan fingerprint density at radius 3 is 2.04 bits per heavy atom. The Morgan fingerprint density at radius 2 is 1.58 bits per heavy atom. The Kier molecular flexibility index (Phi) is 5.39. The number of amides is 1. The lowest BCUT2D eigenvalue weighted by atomic mass is 9.78. The molecule has 1 amide bonds. The first-order chi connectivity index (χ1) is 12.7. The summed E-state index contributed by atoms with van der Waals surface area (Å²) in [4.78, 5) is 20.6. The van der Waals surface area contributed by atoms with Gasteiger partial charge in [0, 0.05) is 42.3 Å². The molecule has 132 valence electrons. The van der Waals surface area contributed by atoms with Gasteiger partial charge in [-0.05, 0) is 17.7 Å². The number of aliphatic hydroxyl groups is 1. The van der Waals surface area contributed by atoms with E-state index in [1.165, 1.54) is 0 Å². The van der Waals surface area contributed by atoms with E-state index in [9.17, 15) is 9.90 Å². The number of nitrogens with zero attached hydrogens (tertiary/aromatic N) is 2. The summed E-state index contributed by atoms with van der Waals surface area (Å²) in [5, 5.41) is 14.9. The van der Waals surface area contributed by atoms with Gasteiger partial charge in [0.2, 0.25) is 5.91 Å². The molecule has 0 fully saturated rings. The molecule has 5 nitrogen and oxygen atoms in total. The Balaban J connectivity index is 2.21. The van der Waals surface area contributed by atoms with E-state index in [0.29, 0.717) is 17.5 Å². The number of aromatic nitrogens is 2. The molecular formula is C21H21N3O2. The average molecular weight is 347 g/mol. The lowest BCUT2D eigenvalue weighted by molar-refractivity contribution is -0.123. The summed E-state index contributed by atoms with van der Waals surface area (Å²) in [6.07, 6.45) is 6.84. The average Bonchev–Trinajstić information content (AvgIpc) is 2.73. The van der Waals surface area contributed by atoms with Crippen LogP contribution in [0.1, 0.15) is 36.1 Å². The number of carbonyl (C=O) groups is 1. The van der Waals surface area contributed by atoms with E-state index in [1.54, 1.807) is 56.0 Å². The van der Waals surface area contributed by atoms with Crippen molar-refractivity contribution in [3.05, 3.63) is 96.1 Å². The van der Waals surface area contributed by atoms with Crippen molar-refractivity contribution in [3.63, 3.8) is 0 Å². The van der Waals surface area contributed by atoms with E-state index < -0.39 is 11.6 Å². The van der Waals surface area contributed by atoms with Crippen LogP contribution in [-0.2, 0) is 10.4 Å². The SMILES string of the molecule is CCC(=O)N[C@H](c1ccccc1)C(O)(c1cccnc1)c1cccnc1. The minimum absolute atomic E-state index is 0.148.